The first kappa shape index (κ1) is 18.9. The summed E-state index contributed by atoms with van der Waals surface area (Å²) >= 11 is 0. The minimum atomic E-state index is -0.125. The normalized spacial score (nSPS) is 27.6. The average molecular weight is 299 g/mol. The topological polar surface area (TPSA) is 35.5 Å². The van der Waals surface area contributed by atoms with Gasteiger partial charge >= 0.3 is 0 Å². The van der Waals surface area contributed by atoms with E-state index in [1.165, 1.54) is 25.7 Å². The quantitative estimate of drug-likeness (QED) is 0.723. The van der Waals surface area contributed by atoms with Crippen molar-refractivity contribution in [3.63, 3.8) is 0 Å². The van der Waals surface area contributed by atoms with Crippen LogP contribution < -0.4 is 5.32 Å². The number of hydrogen-bond acceptors (Lipinski definition) is 3. The maximum Gasteiger partial charge on any atom is 0.0609 e. The van der Waals surface area contributed by atoms with E-state index in [9.17, 15) is 5.11 Å². The van der Waals surface area contributed by atoms with Crippen LogP contribution in [0.4, 0.5) is 0 Å². The van der Waals surface area contributed by atoms with E-state index in [0.717, 1.165) is 24.9 Å². The fraction of sp³-hybridized carbons (Fsp3) is 1.00. The molecule has 0 saturated heterocycles. The number of likely N-dealkylation sites (N-methyl/N-ethyl adjacent to an activating group) is 1. The Morgan fingerprint density at radius 1 is 1.29 bits per heavy atom. The smallest absolute Gasteiger partial charge is 0.0609 e. The second-order valence-corrected chi connectivity index (χ2v) is 7.99. The molecule has 1 rings (SSSR count). The summed E-state index contributed by atoms with van der Waals surface area (Å²) in [6.07, 6.45) is 5.20. The van der Waals surface area contributed by atoms with Gasteiger partial charge in [0.1, 0.15) is 0 Å². The van der Waals surface area contributed by atoms with Crippen molar-refractivity contribution < 1.29 is 5.11 Å². The molecule has 1 saturated carbocycles. The van der Waals surface area contributed by atoms with Crippen molar-refractivity contribution in [1.29, 1.82) is 0 Å². The van der Waals surface area contributed by atoms with E-state index < -0.39 is 0 Å². The van der Waals surface area contributed by atoms with Crippen LogP contribution >= 0.6 is 0 Å². The molecule has 0 radical (unpaired) electrons. The van der Waals surface area contributed by atoms with Gasteiger partial charge in [0.15, 0.2) is 0 Å². The van der Waals surface area contributed by atoms with Crippen LogP contribution in [0, 0.1) is 17.8 Å². The first-order valence-electron chi connectivity index (χ1n) is 8.87. The Bertz CT molecular complexity index is 291. The summed E-state index contributed by atoms with van der Waals surface area (Å²) in [5, 5.41) is 13.4. The van der Waals surface area contributed by atoms with Crippen LogP contribution in [0.5, 0.6) is 0 Å². The molecule has 1 aliphatic carbocycles. The van der Waals surface area contributed by atoms with Gasteiger partial charge in [-0.1, -0.05) is 20.8 Å². The van der Waals surface area contributed by atoms with Crippen LogP contribution in [0.2, 0.25) is 0 Å². The molecule has 0 spiro atoms. The number of nitrogens with one attached hydrogen (secondary N) is 1. The maximum atomic E-state index is 9.58. The second kappa shape index (κ2) is 8.50. The largest absolute Gasteiger partial charge is 0.394 e. The third-order valence-corrected chi connectivity index (χ3v) is 5.55. The number of aliphatic hydroxyl groups is 1. The predicted molar refractivity (Wildman–Crippen MR) is 91.5 cm³/mol. The molecule has 0 aliphatic heterocycles. The van der Waals surface area contributed by atoms with E-state index in [-0.39, 0.29) is 12.1 Å². The summed E-state index contributed by atoms with van der Waals surface area (Å²) in [5.41, 5.74) is -0.125. The van der Waals surface area contributed by atoms with Crippen LogP contribution in [0.1, 0.15) is 60.3 Å². The Morgan fingerprint density at radius 3 is 2.48 bits per heavy atom. The van der Waals surface area contributed by atoms with Crippen molar-refractivity contribution in [2.75, 3.05) is 26.7 Å². The summed E-state index contributed by atoms with van der Waals surface area (Å²) in [4.78, 5) is 2.35. The molecule has 1 aliphatic rings. The Morgan fingerprint density at radius 2 is 1.95 bits per heavy atom. The van der Waals surface area contributed by atoms with E-state index >= 15 is 0 Å². The lowest BCUT2D eigenvalue weighted by Gasteiger charge is -2.43. The van der Waals surface area contributed by atoms with Crippen LogP contribution in [0.3, 0.4) is 0 Å². The highest BCUT2D eigenvalue weighted by Crippen LogP contribution is 2.35. The molecular weight excluding hydrogens is 260 g/mol. The first-order chi connectivity index (χ1) is 9.81. The molecule has 0 bridgehead atoms. The number of rotatable bonds is 8. The Hall–Kier alpha value is -0.120. The molecule has 0 heterocycles. The number of hydrogen-bond donors (Lipinski definition) is 2. The highest BCUT2D eigenvalue weighted by Gasteiger charge is 2.34. The Kier molecular flexibility index (Phi) is 7.66. The van der Waals surface area contributed by atoms with Gasteiger partial charge in [-0.3, -0.25) is 4.90 Å². The molecule has 3 atom stereocenters. The fourth-order valence-corrected chi connectivity index (χ4v) is 3.43. The minimum Gasteiger partial charge on any atom is -0.394 e. The van der Waals surface area contributed by atoms with E-state index in [4.69, 9.17) is 0 Å². The van der Waals surface area contributed by atoms with Crippen LogP contribution in [0.25, 0.3) is 0 Å². The van der Waals surface area contributed by atoms with E-state index in [0.29, 0.717) is 12.0 Å². The van der Waals surface area contributed by atoms with Gasteiger partial charge in [0, 0.05) is 18.1 Å². The zero-order valence-corrected chi connectivity index (χ0v) is 15.2. The first-order valence-corrected chi connectivity index (χ1v) is 8.87. The third-order valence-electron chi connectivity index (χ3n) is 5.55. The van der Waals surface area contributed by atoms with Crippen LogP contribution in [-0.4, -0.2) is 48.3 Å². The van der Waals surface area contributed by atoms with Gasteiger partial charge in [-0.2, -0.15) is 0 Å². The standard InChI is InChI=1S/C18H38N2O/c1-7-10-19-17-9-8-15(14(2)3)11-16(17)12-20(6)18(4,5)13-21/h14-17,19,21H,7-13H2,1-6H3. The van der Waals surface area contributed by atoms with Gasteiger partial charge in [-0.15, -0.1) is 0 Å². The molecule has 3 unspecified atom stereocenters. The summed E-state index contributed by atoms with van der Waals surface area (Å²) in [7, 11) is 2.16. The number of aliphatic hydroxyl groups excluding tert-OH is 1. The average Bonchev–Trinajstić information content (AvgIpc) is 2.45. The highest BCUT2D eigenvalue weighted by atomic mass is 16.3. The van der Waals surface area contributed by atoms with E-state index in [1.807, 2.05) is 0 Å². The molecule has 0 aromatic carbocycles. The van der Waals surface area contributed by atoms with Crippen molar-refractivity contribution in [1.82, 2.24) is 10.2 Å². The Balaban J connectivity index is 2.69. The third kappa shape index (κ3) is 5.54. The molecule has 0 aromatic heterocycles. The summed E-state index contributed by atoms with van der Waals surface area (Å²) in [6, 6.07) is 0.650. The fourth-order valence-electron chi connectivity index (χ4n) is 3.43. The molecule has 0 amide bonds. The molecule has 126 valence electrons. The van der Waals surface area contributed by atoms with Crippen LogP contribution in [0.15, 0.2) is 0 Å². The van der Waals surface area contributed by atoms with Crippen molar-refractivity contribution >= 4 is 0 Å². The molecular formula is C18H38N2O. The van der Waals surface area contributed by atoms with Gasteiger partial charge in [-0.05, 0) is 70.9 Å². The van der Waals surface area contributed by atoms with Gasteiger partial charge in [0.05, 0.1) is 6.61 Å². The molecule has 1 fully saturated rings. The van der Waals surface area contributed by atoms with Gasteiger partial charge < -0.3 is 10.4 Å². The van der Waals surface area contributed by atoms with E-state index in [1.54, 1.807) is 0 Å². The maximum absolute atomic E-state index is 9.58. The lowest BCUT2D eigenvalue weighted by atomic mass is 9.73. The molecule has 21 heavy (non-hydrogen) atoms. The molecule has 0 aromatic rings. The summed E-state index contributed by atoms with van der Waals surface area (Å²) in [5.74, 6) is 2.35. The van der Waals surface area contributed by atoms with Gasteiger partial charge in [0.2, 0.25) is 0 Å². The molecule has 3 heteroatoms. The number of nitrogens with zero attached hydrogens (tertiary/aromatic N) is 1. The zero-order chi connectivity index (χ0) is 16.0. The predicted octanol–water partition coefficient (Wildman–Crippen LogP) is 3.13. The van der Waals surface area contributed by atoms with Crippen molar-refractivity contribution in [2.24, 2.45) is 17.8 Å². The Labute approximate surface area is 132 Å². The minimum absolute atomic E-state index is 0.125. The van der Waals surface area contributed by atoms with Crippen LogP contribution in [-0.2, 0) is 0 Å². The van der Waals surface area contributed by atoms with Crippen molar-refractivity contribution in [3.05, 3.63) is 0 Å². The lowest BCUT2D eigenvalue weighted by molar-refractivity contribution is 0.0441. The SMILES string of the molecule is CCCNC1CCC(C(C)C)CC1CN(C)C(C)(C)CO. The molecule has 2 N–H and O–H groups in total. The summed E-state index contributed by atoms with van der Waals surface area (Å²) < 4.78 is 0. The highest BCUT2D eigenvalue weighted by molar-refractivity contribution is 4.89. The lowest BCUT2D eigenvalue weighted by Crippen LogP contribution is -2.51. The summed E-state index contributed by atoms with van der Waals surface area (Å²) in [6.45, 7) is 13.7. The van der Waals surface area contributed by atoms with Crippen molar-refractivity contribution in [3.8, 4) is 0 Å². The zero-order valence-electron chi connectivity index (χ0n) is 15.2. The van der Waals surface area contributed by atoms with Gasteiger partial charge in [0.25, 0.3) is 0 Å². The van der Waals surface area contributed by atoms with E-state index in [2.05, 4.69) is 51.9 Å². The van der Waals surface area contributed by atoms with Crippen molar-refractivity contribution in [2.45, 2.75) is 71.9 Å². The monoisotopic (exact) mass is 298 g/mol. The molecule has 3 nitrogen and oxygen atoms in total. The van der Waals surface area contributed by atoms with Gasteiger partial charge in [-0.25, -0.2) is 0 Å². The second-order valence-electron chi connectivity index (χ2n) is 7.99.